The third-order valence-electron chi connectivity index (χ3n) is 2.44. The molecule has 2 aromatic rings. The monoisotopic (exact) mass is 181 g/mol. The Hall–Kier alpha value is -1.81. The summed E-state index contributed by atoms with van der Waals surface area (Å²) in [6.45, 7) is 4.13. The summed E-state index contributed by atoms with van der Waals surface area (Å²) in [5.74, 6) is 2.60. The molecule has 68 valence electrons. The number of aromatic nitrogens is 1. The molecule has 0 fully saturated rings. The van der Waals surface area contributed by atoms with E-state index in [1.54, 1.807) is 6.20 Å². The van der Waals surface area contributed by atoms with Gasteiger partial charge in [-0.3, -0.25) is 4.98 Å². The van der Waals surface area contributed by atoms with Crippen LogP contribution in [-0.2, 0) is 0 Å². The Bertz CT molecular complexity index is 533. The maximum absolute atomic E-state index is 5.34. The highest BCUT2D eigenvalue weighted by atomic mass is 14.7. The summed E-state index contributed by atoms with van der Waals surface area (Å²) >= 11 is 0. The molecule has 14 heavy (non-hydrogen) atoms. The summed E-state index contributed by atoms with van der Waals surface area (Å²) in [7, 11) is 0. The van der Waals surface area contributed by atoms with Crippen molar-refractivity contribution in [3.05, 3.63) is 41.1 Å². The van der Waals surface area contributed by atoms with Gasteiger partial charge in [0.15, 0.2) is 0 Å². The maximum Gasteiger partial charge on any atom is 0.0734 e. The Kier molecular flexibility index (Phi) is 1.98. The van der Waals surface area contributed by atoms with Crippen molar-refractivity contribution in [2.24, 2.45) is 0 Å². The van der Waals surface area contributed by atoms with E-state index < -0.39 is 0 Å². The van der Waals surface area contributed by atoms with Crippen LogP contribution in [0.5, 0.6) is 0 Å². The van der Waals surface area contributed by atoms with Crippen LogP contribution in [0.1, 0.15) is 16.7 Å². The van der Waals surface area contributed by atoms with E-state index in [0.29, 0.717) is 0 Å². The van der Waals surface area contributed by atoms with Crippen LogP contribution in [0.4, 0.5) is 0 Å². The quantitative estimate of drug-likeness (QED) is 0.569. The summed E-state index contributed by atoms with van der Waals surface area (Å²) in [5.41, 5.74) is 4.29. The molecule has 0 N–H and O–H groups in total. The van der Waals surface area contributed by atoms with Gasteiger partial charge in [-0.25, -0.2) is 0 Å². The zero-order chi connectivity index (χ0) is 10.1. The van der Waals surface area contributed by atoms with Crippen LogP contribution in [0.15, 0.2) is 24.4 Å². The number of pyridine rings is 1. The number of aryl methyl sites for hydroxylation is 2. The predicted molar refractivity (Wildman–Crippen MR) is 59.2 cm³/mol. The molecule has 0 saturated carbocycles. The Morgan fingerprint density at radius 1 is 1.21 bits per heavy atom. The molecule has 0 bridgehead atoms. The van der Waals surface area contributed by atoms with E-state index in [1.165, 1.54) is 11.1 Å². The van der Waals surface area contributed by atoms with E-state index in [1.807, 2.05) is 6.07 Å². The molecular weight excluding hydrogens is 170 g/mol. The SMILES string of the molecule is C#Cc1cnc2c(C)ccc(C)c2c1. The largest absolute Gasteiger partial charge is 0.255 e. The molecule has 0 unspecified atom stereocenters. The fraction of sp³-hybridized carbons (Fsp3) is 0.154. The topological polar surface area (TPSA) is 12.9 Å². The molecule has 0 saturated heterocycles. The summed E-state index contributed by atoms with van der Waals surface area (Å²) < 4.78 is 0. The second-order valence-electron chi connectivity index (χ2n) is 3.46. The number of nitrogens with zero attached hydrogens (tertiary/aromatic N) is 1. The molecule has 1 heteroatoms. The lowest BCUT2D eigenvalue weighted by atomic mass is 10.0. The van der Waals surface area contributed by atoms with Crippen LogP contribution in [0.3, 0.4) is 0 Å². The summed E-state index contributed by atoms with van der Waals surface area (Å²) in [5, 5.41) is 1.15. The molecule has 0 atom stereocenters. The highest BCUT2D eigenvalue weighted by Gasteiger charge is 2.01. The van der Waals surface area contributed by atoms with E-state index in [4.69, 9.17) is 6.42 Å². The van der Waals surface area contributed by atoms with Crippen LogP contribution in [0.25, 0.3) is 10.9 Å². The predicted octanol–water partition coefficient (Wildman–Crippen LogP) is 2.83. The van der Waals surface area contributed by atoms with Gasteiger partial charge in [-0.15, -0.1) is 6.42 Å². The zero-order valence-corrected chi connectivity index (χ0v) is 8.33. The second-order valence-corrected chi connectivity index (χ2v) is 3.46. The van der Waals surface area contributed by atoms with Gasteiger partial charge in [-0.05, 0) is 31.0 Å². The van der Waals surface area contributed by atoms with Gasteiger partial charge in [-0.2, -0.15) is 0 Å². The van der Waals surface area contributed by atoms with Crippen molar-refractivity contribution in [3.8, 4) is 12.3 Å². The highest BCUT2D eigenvalue weighted by Crippen LogP contribution is 2.20. The van der Waals surface area contributed by atoms with Gasteiger partial charge in [-0.1, -0.05) is 18.1 Å². The molecule has 1 nitrogen and oxygen atoms in total. The number of hydrogen-bond donors (Lipinski definition) is 0. The van der Waals surface area contributed by atoms with E-state index in [2.05, 4.69) is 36.9 Å². The van der Waals surface area contributed by atoms with Crippen molar-refractivity contribution < 1.29 is 0 Å². The van der Waals surface area contributed by atoms with Crippen molar-refractivity contribution >= 4 is 10.9 Å². The Morgan fingerprint density at radius 3 is 2.64 bits per heavy atom. The van der Waals surface area contributed by atoms with Gasteiger partial charge in [0, 0.05) is 17.1 Å². The number of fused-ring (bicyclic) bond motifs is 1. The van der Waals surface area contributed by atoms with Gasteiger partial charge in [0.2, 0.25) is 0 Å². The van der Waals surface area contributed by atoms with Crippen molar-refractivity contribution in [2.45, 2.75) is 13.8 Å². The lowest BCUT2D eigenvalue weighted by Gasteiger charge is -2.04. The average Bonchev–Trinajstić information content (AvgIpc) is 2.23. The smallest absolute Gasteiger partial charge is 0.0734 e. The molecule has 1 heterocycles. The van der Waals surface area contributed by atoms with E-state index >= 15 is 0 Å². The minimum absolute atomic E-state index is 0.839. The third-order valence-corrected chi connectivity index (χ3v) is 2.44. The third kappa shape index (κ3) is 1.25. The number of rotatable bonds is 0. The molecule has 2 rings (SSSR count). The fourth-order valence-electron chi connectivity index (χ4n) is 1.58. The van der Waals surface area contributed by atoms with Crippen molar-refractivity contribution in [1.29, 1.82) is 0 Å². The molecule has 0 spiro atoms. The zero-order valence-electron chi connectivity index (χ0n) is 8.33. The average molecular weight is 181 g/mol. The van der Waals surface area contributed by atoms with Crippen LogP contribution >= 0.6 is 0 Å². The van der Waals surface area contributed by atoms with Crippen molar-refractivity contribution in [2.75, 3.05) is 0 Å². The highest BCUT2D eigenvalue weighted by molar-refractivity contribution is 5.85. The van der Waals surface area contributed by atoms with E-state index in [-0.39, 0.29) is 0 Å². The summed E-state index contributed by atoms with van der Waals surface area (Å²) in [6, 6.07) is 6.20. The summed E-state index contributed by atoms with van der Waals surface area (Å²) in [4.78, 5) is 4.37. The molecule has 0 aliphatic heterocycles. The summed E-state index contributed by atoms with van der Waals surface area (Å²) in [6.07, 6.45) is 7.08. The first-order valence-corrected chi connectivity index (χ1v) is 4.55. The van der Waals surface area contributed by atoms with Crippen LogP contribution < -0.4 is 0 Å². The molecule has 0 radical (unpaired) electrons. The first-order valence-electron chi connectivity index (χ1n) is 4.55. The number of terminal acetylenes is 1. The maximum atomic E-state index is 5.34. The molecule has 1 aromatic heterocycles. The van der Waals surface area contributed by atoms with Crippen molar-refractivity contribution in [3.63, 3.8) is 0 Å². The lowest BCUT2D eigenvalue weighted by molar-refractivity contribution is 1.33. The minimum atomic E-state index is 0.839. The molecule has 0 aliphatic rings. The van der Waals surface area contributed by atoms with E-state index in [0.717, 1.165) is 16.5 Å². The van der Waals surface area contributed by atoms with Crippen LogP contribution in [0, 0.1) is 26.2 Å². The second kappa shape index (κ2) is 3.16. The minimum Gasteiger partial charge on any atom is -0.255 e. The molecule has 0 aliphatic carbocycles. The normalized spacial score (nSPS) is 10.1. The Balaban J connectivity index is 2.89. The Morgan fingerprint density at radius 2 is 1.93 bits per heavy atom. The fourth-order valence-corrected chi connectivity index (χ4v) is 1.58. The first kappa shape index (κ1) is 8.77. The van der Waals surface area contributed by atoms with Gasteiger partial charge in [0.25, 0.3) is 0 Å². The molecular formula is C13H11N. The van der Waals surface area contributed by atoms with Gasteiger partial charge >= 0.3 is 0 Å². The molecule has 0 amide bonds. The van der Waals surface area contributed by atoms with Crippen LogP contribution in [-0.4, -0.2) is 4.98 Å². The Labute approximate surface area is 83.8 Å². The van der Waals surface area contributed by atoms with Gasteiger partial charge in [0.1, 0.15) is 0 Å². The van der Waals surface area contributed by atoms with Crippen molar-refractivity contribution in [1.82, 2.24) is 4.98 Å². The molecule has 1 aromatic carbocycles. The number of hydrogen-bond acceptors (Lipinski definition) is 1. The lowest BCUT2D eigenvalue weighted by Crippen LogP contribution is -1.87. The van der Waals surface area contributed by atoms with Gasteiger partial charge < -0.3 is 0 Å². The van der Waals surface area contributed by atoms with Gasteiger partial charge in [0.05, 0.1) is 5.52 Å². The van der Waals surface area contributed by atoms with E-state index in [9.17, 15) is 0 Å². The standard InChI is InChI=1S/C13H11N/c1-4-11-7-12-9(2)5-6-10(3)13(12)14-8-11/h1,5-8H,2-3H3. The first-order chi connectivity index (χ1) is 6.72. The number of benzene rings is 1. The van der Waals surface area contributed by atoms with Crippen LogP contribution in [0.2, 0.25) is 0 Å².